The van der Waals surface area contributed by atoms with Crippen LogP contribution in [0.4, 0.5) is 9.59 Å². The van der Waals surface area contributed by atoms with Crippen LogP contribution in [0, 0.1) is 0 Å². The number of carbonyl (C=O) groups excluding carboxylic acids is 2. The fraction of sp³-hybridized carbons (Fsp3) is 0.688. The number of fused-ring (bicyclic) bond motifs is 2. The Morgan fingerprint density at radius 2 is 2.04 bits per heavy atom. The highest BCUT2D eigenvalue weighted by atomic mass is 32.1. The van der Waals surface area contributed by atoms with Crippen LogP contribution in [-0.2, 0) is 9.47 Å². The minimum atomic E-state index is -0.570. The molecule has 0 saturated carbocycles. The van der Waals surface area contributed by atoms with Crippen LogP contribution in [0.15, 0.2) is 15.6 Å². The van der Waals surface area contributed by atoms with Gasteiger partial charge in [-0.05, 0) is 27.7 Å². The number of hydrogen-bond acceptors (Lipinski definition) is 6. The normalized spacial score (nSPS) is 24.1. The van der Waals surface area contributed by atoms with Crippen molar-refractivity contribution in [1.82, 2.24) is 15.5 Å². The van der Waals surface area contributed by atoms with E-state index in [-0.39, 0.29) is 24.2 Å². The van der Waals surface area contributed by atoms with Gasteiger partial charge in [0.1, 0.15) is 11.4 Å². The molecule has 2 bridgehead atoms. The van der Waals surface area contributed by atoms with Crippen molar-refractivity contribution in [2.75, 3.05) is 20.3 Å². The molecule has 25 heavy (non-hydrogen) atoms. The number of nitrogens with one attached hydrogen (secondary N) is 2. The maximum atomic E-state index is 12.6. The Kier molecular flexibility index (Phi) is 5.99. The minimum absolute atomic E-state index is 0.170. The van der Waals surface area contributed by atoms with Crippen LogP contribution in [0.1, 0.15) is 34.1 Å². The van der Waals surface area contributed by atoms with Crippen LogP contribution in [0.25, 0.3) is 0 Å². The van der Waals surface area contributed by atoms with Gasteiger partial charge in [-0.3, -0.25) is 10.2 Å². The quantitative estimate of drug-likeness (QED) is 0.373. The number of ether oxygens (including phenoxy) is 2. The Labute approximate surface area is 153 Å². The number of urea groups is 1. The van der Waals surface area contributed by atoms with E-state index in [1.807, 2.05) is 20.8 Å². The fourth-order valence-electron chi connectivity index (χ4n) is 2.77. The largest absolute Gasteiger partial charge is 0.444 e. The predicted molar refractivity (Wildman–Crippen MR) is 97.8 cm³/mol. The summed E-state index contributed by atoms with van der Waals surface area (Å²) in [7, 11) is 1.53. The van der Waals surface area contributed by atoms with Crippen molar-refractivity contribution >= 4 is 30.6 Å². The van der Waals surface area contributed by atoms with E-state index in [2.05, 4.69) is 28.3 Å². The summed E-state index contributed by atoms with van der Waals surface area (Å²) < 4.78 is 11.1. The summed E-state index contributed by atoms with van der Waals surface area (Å²) in [5.74, 6) is 0.464. The second kappa shape index (κ2) is 7.65. The molecule has 0 aromatic rings. The number of rotatable bonds is 1. The summed E-state index contributed by atoms with van der Waals surface area (Å²) in [5, 5.41) is 5.10. The van der Waals surface area contributed by atoms with E-state index in [0.717, 1.165) is 5.70 Å². The average Bonchev–Trinajstić information content (AvgIpc) is 2.50. The van der Waals surface area contributed by atoms with E-state index >= 15 is 0 Å². The first kappa shape index (κ1) is 19.6. The summed E-state index contributed by atoms with van der Waals surface area (Å²) in [5.41, 5.74) is 0.175. The number of amidine groups is 1. The maximum Gasteiger partial charge on any atom is 0.411 e. The van der Waals surface area contributed by atoms with E-state index in [9.17, 15) is 9.59 Å². The minimum Gasteiger partial charge on any atom is -0.444 e. The fourth-order valence-corrected chi connectivity index (χ4v) is 3.11. The second-order valence-corrected chi connectivity index (χ2v) is 7.51. The highest BCUT2D eigenvalue weighted by molar-refractivity contribution is 7.84. The lowest BCUT2D eigenvalue weighted by Gasteiger charge is -2.45. The van der Waals surface area contributed by atoms with Crippen molar-refractivity contribution in [3.63, 3.8) is 0 Å². The number of amides is 3. The molecule has 0 spiro atoms. The Morgan fingerprint density at radius 3 is 2.64 bits per heavy atom. The van der Waals surface area contributed by atoms with Gasteiger partial charge < -0.3 is 14.8 Å². The van der Waals surface area contributed by atoms with Crippen molar-refractivity contribution < 1.29 is 19.1 Å². The number of aliphatic imine (C=N–C) groups is 1. The molecule has 140 valence electrons. The highest BCUT2D eigenvalue weighted by Crippen LogP contribution is 2.35. The summed E-state index contributed by atoms with van der Waals surface area (Å²) in [6.07, 6.45) is 0.113. The van der Waals surface area contributed by atoms with Gasteiger partial charge in [0.25, 0.3) is 0 Å². The molecule has 1 fully saturated rings. The van der Waals surface area contributed by atoms with Crippen molar-refractivity contribution in [3.05, 3.63) is 10.6 Å². The summed E-state index contributed by atoms with van der Waals surface area (Å²) >= 11 is 4.57. The van der Waals surface area contributed by atoms with Gasteiger partial charge in [0.15, 0.2) is 0 Å². The molecule has 0 unspecified atom stereocenters. The first-order valence-electron chi connectivity index (χ1n) is 8.17. The van der Waals surface area contributed by atoms with E-state index in [0.29, 0.717) is 30.4 Å². The van der Waals surface area contributed by atoms with Gasteiger partial charge in [-0.1, -0.05) is 0 Å². The molecule has 0 aromatic carbocycles. The van der Waals surface area contributed by atoms with Crippen LogP contribution in [-0.4, -0.2) is 60.8 Å². The van der Waals surface area contributed by atoms with Gasteiger partial charge in [-0.15, -0.1) is 12.6 Å². The molecule has 8 nitrogen and oxygen atoms in total. The molecule has 0 aromatic heterocycles. The van der Waals surface area contributed by atoms with E-state index in [1.54, 1.807) is 11.8 Å². The summed E-state index contributed by atoms with van der Waals surface area (Å²) in [6.45, 7) is 7.97. The standard InChI is InChI=1S/C16H26N4O4S/c1-9(19-14(21)17-5)18-11-6-10-7-23-8-12(13(11)25)20(10)15(22)24-16(2,3)4/h10,12,25H,6-8H2,1-5H3,(H2,17,18,19,21)/t10-,12-/m0/s1. The number of morpholine rings is 1. The zero-order valence-electron chi connectivity index (χ0n) is 15.3. The smallest absolute Gasteiger partial charge is 0.411 e. The molecule has 9 heteroatoms. The molecular weight excluding hydrogens is 344 g/mol. The molecule has 3 amide bonds. The Morgan fingerprint density at radius 1 is 1.36 bits per heavy atom. The predicted octanol–water partition coefficient (Wildman–Crippen LogP) is 1.88. The molecule has 2 atom stereocenters. The molecule has 2 N–H and O–H groups in total. The number of thiol groups is 1. The van der Waals surface area contributed by atoms with Gasteiger partial charge in [-0.2, -0.15) is 0 Å². The maximum absolute atomic E-state index is 12.6. The molecule has 2 rings (SSSR count). The van der Waals surface area contributed by atoms with Gasteiger partial charge in [-0.25, -0.2) is 14.6 Å². The molecule has 1 saturated heterocycles. The van der Waals surface area contributed by atoms with Crippen molar-refractivity contribution in [2.45, 2.75) is 51.8 Å². The lowest BCUT2D eigenvalue weighted by atomic mass is 9.98. The lowest BCUT2D eigenvalue weighted by molar-refractivity contribution is -0.0545. The summed E-state index contributed by atoms with van der Waals surface area (Å²) in [4.78, 5) is 30.8. The third kappa shape index (κ3) is 4.88. The Bertz CT molecular complexity index is 612. The molecule has 2 heterocycles. The molecule has 0 radical (unpaired) electrons. The van der Waals surface area contributed by atoms with Gasteiger partial charge in [0.2, 0.25) is 0 Å². The molecule has 0 aliphatic carbocycles. The monoisotopic (exact) mass is 370 g/mol. The third-order valence-electron chi connectivity index (χ3n) is 3.78. The van der Waals surface area contributed by atoms with Crippen LogP contribution in [0.3, 0.4) is 0 Å². The topological polar surface area (TPSA) is 92.3 Å². The van der Waals surface area contributed by atoms with Gasteiger partial charge in [0, 0.05) is 18.4 Å². The van der Waals surface area contributed by atoms with Crippen molar-refractivity contribution in [3.8, 4) is 0 Å². The number of hydrogen-bond donors (Lipinski definition) is 3. The van der Waals surface area contributed by atoms with Gasteiger partial charge in [0.05, 0.1) is 31.0 Å². The zero-order chi connectivity index (χ0) is 18.8. The summed E-state index contributed by atoms with van der Waals surface area (Å²) in [6, 6.07) is -0.842. The first-order valence-corrected chi connectivity index (χ1v) is 8.62. The van der Waals surface area contributed by atoms with Crippen molar-refractivity contribution in [1.29, 1.82) is 0 Å². The number of nitrogens with zero attached hydrogens (tertiary/aromatic N) is 2. The third-order valence-corrected chi connectivity index (χ3v) is 4.34. The Balaban J connectivity index is 2.24. The molecular formula is C16H26N4O4S. The average molecular weight is 370 g/mol. The van der Waals surface area contributed by atoms with E-state index < -0.39 is 5.60 Å². The zero-order valence-corrected chi connectivity index (χ0v) is 16.1. The second-order valence-electron chi connectivity index (χ2n) is 7.03. The molecule has 2 aliphatic heterocycles. The first-order chi connectivity index (χ1) is 11.6. The molecule has 2 aliphatic rings. The van der Waals surface area contributed by atoms with E-state index in [4.69, 9.17) is 9.47 Å². The SMILES string of the molecule is CNC(=O)N/C(C)=N/C1=C(S)[C@@H]2COC[C@H](C1)N2C(=O)OC(C)(C)C. The number of carbonyl (C=O) groups is 2. The lowest BCUT2D eigenvalue weighted by Crippen LogP contribution is -2.58. The van der Waals surface area contributed by atoms with Crippen LogP contribution in [0.5, 0.6) is 0 Å². The van der Waals surface area contributed by atoms with Crippen LogP contribution < -0.4 is 10.6 Å². The van der Waals surface area contributed by atoms with E-state index in [1.165, 1.54) is 7.05 Å². The van der Waals surface area contributed by atoms with Crippen LogP contribution in [0.2, 0.25) is 0 Å². The Hall–Kier alpha value is -1.74. The van der Waals surface area contributed by atoms with Crippen LogP contribution >= 0.6 is 12.6 Å². The van der Waals surface area contributed by atoms with Gasteiger partial charge >= 0.3 is 12.1 Å². The highest BCUT2D eigenvalue weighted by Gasteiger charge is 2.43. The van der Waals surface area contributed by atoms with Crippen molar-refractivity contribution in [2.24, 2.45) is 4.99 Å².